The van der Waals surface area contributed by atoms with E-state index in [1.807, 2.05) is 19.9 Å². The van der Waals surface area contributed by atoms with Crippen LogP contribution in [0.4, 0.5) is 5.69 Å². The van der Waals surface area contributed by atoms with Gasteiger partial charge in [0.25, 0.3) is 5.91 Å². The van der Waals surface area contributed by atoms with Gasteiger partial charge in [-0.15, -0.1) is 11.3 Å². The van der Waals surface area contributed by atoms with Crippen molar-refractivity contribution in [2.45, 2.75) is 34.1 Å². The summed E-state index contributed by atoms with van der Waals surface area (Å²) in [7, 11) is 0. The van der Waals surface area contributed by atoms with Crippen molar-refractivity contribution in [2.24, 2.45) is 5.92 Å². The van der Waals surface area contributed by atoms with Gasteiger partial charge in [-0.3, -0.25) is 9.78 Å². The number of aryl methyl sites for hydroxylation is 2. The minimum atomic E-state index is -0.0820. The summed E-state index contributed by atoms with van der Waals surface area (Å²) in [6.07, 6.45) is 0.968. The van der Waals surface area contributed by atoms with Crippen molar-refractivity contribution in [3.05, 3.63) is 22.3 Å². The van der Waals surface area contributed by atoms with E-state index in [1.165, 1.54) is 11.3 Å². The number of anilines is 1. The Hall–Kier alpha value is -1.62. The fourth-order valence-corrected chi connectivity index (χ4v) is 3.39. The lowest BCUT2D eigenvalue weighted by Crippen LogP contribution is -2.25. The van der Waals surface area contributed by atoms with E-state index in [0.29, 0.717) is 23.0 Å². The average Bonchev–Trinajstić information content (AvgIpc) is 2.65. The number of hydrogen-bond donors (Lipinski definition) is 2. The monoisotopic (exact) mass is 291 g/mol. The van der Waals surface area contributed by atoms with Crippen LogP contribution in [0.25, 0.3) is 10.1 Å². The van der Waals surface area contributed by atoms with Gasteiger partial charge in [0.15, 0.2) is 0 Å². The second-order valence-electron chi connectivity index (χ2n) is 5.51. The SMILES string of the molecule is Cc1cc2sc(C(=O)NCCC(C)C)c(N)c2c(C)n1. The highest BCUT2D eigenvalue weighted by molar-refractivity contribution is 7.21. The first-order chi connectivity index (χ1) is 9.40. The molecule has 0 atom stereocenters. The maximum Gasteiger partial charge on any atom is 0.263 e. The number of nitrogen functional groups attached to an aromatic ring is 1. The molecule has 0 spiro atoms. The molecule has 0 aliphatic rings. The molecule has 3 N–H and O–H groups in total. The summed E-state index contributed by atoms with van der Waals surface area (Å²) in [5, 5.41) is 3.85. The van der Waals surface area contributed by atoms with Crippen LogP contribution in [0.15, 0.2) is 6.07 Å². The van der Waals surface area contributed by atoms with Gasteiger partial charge >= 0.3 is 0 Å². The maximum atomic E-state index is 12.2. The average molecular weight is 291 g/mol. The van der Waals surface area contributed by atoms with Crippen molar-refractivity contribution in [2.75, 3.05) is 12.3 Å². The summed E-state index contributed by atoms with van der Waals surface area (Å²) >= 11 is 1.44. The highest BCUT2D eigenvalue weighted by Gasteiger charge is 2.18. The van der Waals surface area contributed by atoms with Crippen LogP contribution in [-0.2, 0) is 0 Å². The van der Waals surface area contributed by atoms with Crippen LogP contribution in [0.2, 0.25) is 0 Å². The number of hydrogen-bond acceptors (Lipinski definition) is 4. The summed E-state index contributed by atoms with van der Waals surface area (Å²) in [4.78, 5) is 17.2. The Kier molecular flexibility index (Phi) is 4.28. The zero-order chi connectivity index (χ0) is 14.9. The number of amides is 1. The smallest absolute Gasteiger partial charge is 0.263 e. The second-order valence-corrected chi connectivity index (χ2v) is 6.56. The standard InChI is InChI=1S/C15H21N3OS/c1-8(2)5-6-17-15(19)14-13(16)12-10(4)18-9(3)7-11(12)20-14/h7-8H,5-6,16H2,1-4H3,(H,17,19). The van der Waals surface area contributed by atoms with Crippen LogP contribution < -0.4 is 11.1 Å². The van der Waals surface area contributed by atoms with Crippen LogP contribution in [0.5, 0.6) is 0 Å². The van der Waals surface area contributed by atoms with Crippen LogP contribution >= 0.6 is 11.3 Å². The first kappa shape index (κ1) is 14.8. The van der Waals surface area contributed by atoms with Gasteiger partial charge in [-0.25, -0.2) is 0 Å². The van der Waals surface area contributed by atoms with E-state index < -0.39 is 0 Å². The molecule has 0 aromatic carbocycles. The van der Waals surface area contributed by atoms with Crippen LogP contribution in [-0.4, -0.2) is 17.4 Å². The van der Waals surface area contributed by atoms with Gasteiger partial charge in [-0.05, 0) is 32.3 Å². The van der Waals surface area contributed by atoms with Crippen molar-refractivity contribution in [3.63, 3.8) is 0 Å². The molecule has 0 radical (unpaired) electrons. The van der Waals surface area contributed by atoms with Crippen molar-refractivity contribution in [1.29, 1.82) is 0 Å². The molecule has 0 saturated carbocycles. The summed E-state index contributed by atoms with van der Waals surface area (Å²) in [6, 6.07) is 1.98. The number of nitrogens with two attached hydrogens (primary N) is 1. The third-order valence-corrected chi connectivity index (χ3v) is 4.38. The van der Waals surface area contributed by atoms with E-state index in [9.17, 15) is 4.79 Å². The number of carbonyl (C=O) groups excluding carboxylic acids is 1. The molecular weight excluding hydrogens is 270 g/mol. The zero-order valence-electron chi connectivity index (χ0n) is 12.4. The Bertz CT molecular complexity index is 646. The quantitative estimate of drug-likeness (QED) is 0.908. The topological polar surface area (TPSA) is 68.0 Å². The van der Waals surface area contributed by atoms with Crippen LogP contribution in [0.3, 0.4) is 0 Å². The predicted molar refractivity (Wildman–Crippen MR) is 85.3 cm³/mol. The Morgan fingerprint density at radius 3 is 2.80 bits per heavy atom. The highest BCUT2D eigenvalue weighted by Crippen LogP contribution is 2.35. The molecule has 0 aliphatic heterocycles. The summed E-state index contributed by atoms with van der Waals surface area (Å²) < 4.78 is 1.03. The maximum absolute atomic E-state index is 12.2. The third kappa shape index (κ3) is 2.93. The highest BCUT2D eigenvalue weighted by atomic mass is 32.1. The van der Waals surface area contributed by atoms with Crippen molar-refractivity contribution < 1.29 is 4.79 Å². The van der Waals surface area contributed by atoms with Gasteiger partial charge in [-0.2, -0.15) is 0 Å². The molecule has 108 valence electrons. The normalized spacial score (nSPS) is 11.2. The number of thiophene rings is 1. The predicted octanol–water partition coefficient (Wildman–Crippen LogP) is 3.27. The van der Waals surface area contributed by atoms with E-state index in [0.717, 1.165) is 27.9 Å². The van der Waals surface area contributed by atoms with E-state index in [1.54, 1.807) is 0 Å². The lowest BCUT2D eigenvalue weighted by Gasteiger charge is -2.06. The fourth-order valence-electron chi connectivity index (χ4n) is 2.20. The molecule has 1 amide bonds. The molecule has 0 bridgehead atoms. The third-order valence-electron chi connectivity index (χ3n) is 3.23. The molecule has 2 aromatic rings. The molecule has 0 aliphatic carbocycles. The van der Waals surface area contributed by atoms with E-state index >= 15 is 0 Å². The molecular formula is C15H21N3OS. The molecule has 20 heavy (non-hydrogen) atoms. The number of fused-ring (bicyclic) bond motifs is 1. The molecule has 2 rings (SSSR count). The van der Waals surface area contributed by atoms with E-state index in [4.69, 9.17) is 5.73 Å². The fraction of sp³-hybridized carbons (Fsp3) is 0.467. The molecule has 4 nitrogen and oxygen atoms in total. The molecule has 0 unspecified atom stereocenters. The largest absolute Gasteiger partial charge is 0.397 e. The zero-order valence-corrected chi connectivity index (χ0v) is 13.2. The summed E-state index contributed by atoms with van der Waals surface area (Å²) in [5.74, 6) is 0.491. The van der Waals surface area contributed by atoms with E-state index in [-0.39, 0.29) is 5.91 Å². The van der Waals surface area contributed by atoms with Gasteiger partial charge in [0.2, 0.25) is 0 Å². The lowest BCUT2D eigenvalue weighted by atomic mass is 10.1. The van der Waals surface area contributed by atoms with E-state index in [2.05, 4.69) is 24.1 Å². The summed E-state index contributed by atoms with van der Waals surface area (Å²) in [5.41, 5.74) is 8.52. The molecule has 5 heteroatoms. The molecule has 2 heterocycles. The summed E-state index contributed by atoms with van der Waals surface area (Å²) in [6.45, 7) is 8.83. The Balaban J connectivity index is 2.29. The minimum Gasteiger partial charge on any atom is -0.397 e. The van der Waals surface area contributed by atoms with Gasteiger partial charge < -0.3 is 11.1 Å². The molecule has 2 aromatic heterocycles. The van der Waals surface area contributed by atoms with Crippen LogP contribution in [0.1, 0.15) is 41.3 Å². The Morgan fingerprint density at radius 1 is 1.45 bits per heavy atom. The van der Waals surface area contributed by atoms with Gasteiger partial charge in [-0.1, -0.05) is 13.8 Å². The molecule has 0 saturated heterocycles. The van der Waals surface area contributed by atoms with Crippen molar-refractivity contribution in [1.82, 2.24) is 10.3 Å². The number of nitrogens with one attached hydrogen (secondary N) is 1. The van der Waals surface area contributed by atoms with Crippen molar-refractivity contribution >= 4 is 33.0 Å². The Morgan fingerprint density at radius 2 is 2.15 bits per heavy atom. The first-order valence-electron chi connectivity index (χ1n) is 6.84. The number of carbonyl (C=O) groups is 1. The minimum absolute atomic E-state index is 0.0820. The lowest BCUT2D eigenvalue weighted by molar-refractivity contribution is 0.0957. The number of rotatable bonds is 4. The number of aromatic nitrogens is 1. The van der Waals surface area contributed by atoms with Crippen LogP contribution in [0, 0.1) is 19.8 Å². The Labute approximate surface area is 123 Å². The number of pyridine rings is 1. The van der Waals surface area contributed by atoms with Crippen molar-refractivity contribution in [3.8, 4) is 0 Å². The number of nitrogens with zero attached hydrogens (tertiary/aromatic N) is 1. The van der Waals surface area contributed by atoms with Gasteiger partial charge in [0.05, 0.1) is 5.69 Å². The van der Waals surface area contributed by atoms with Gasteiger partial charge in [0.1, 0.15) is 4.88 Å². The van der Waals surface area contributed by atoms with Gasteiger partial charge in [0, 0.05) is 28.0 Å². The first-order valence-corrected chi connectivity index (χ1v) is 7.66. The second kappa shape index (κ2) is 5.79. The molecule has 0 fully saturated rings.